The molecule has 0 fully saturated rings. The molecular weight excluding hydrogens is 137 g/mol. The van der Waals surface area contributed by atoms with Crippen LogP contribution in [-0.4, -0.2) is 14.8 Å². The SMILES string of the molecule is OP(O)c1ccccn1. The largest absolute Gasteiger partial charge is 0.346 e. The van der Waals surface area contributed by atoms with Crippen LogP contribution in [0.2, 0.25) is 0 Å². The van der Waals surface area contributed by atoms with E-state index in [1.807, 2.05) is 0 Å². The van der Waals surface area contributed by atoms with Gasteiger partial charge in [-0.3, -0.25) is 4.98 Å². The fourth-order valence-corrected chi connectivity index (χ4v) is 0.861. The van der Waals surface area contributed by atoms with Crippen molar-refractivity contribution in [3.8, 4) is 0 Å². The molecule has 0 bridgehead atoms. The molecule has 9 heavy (non-hydrogen) atoms. The van der Waals surface area contributed by atoms with Gasteiger partial charge >= 0.3 is 0 Å². The van der Waals surface area contributed by atoms with Crippen LogP contribution >= 0.6 is 8.38 Å². The van der Waals surface area contributed by atoms with Gasteiger partial charge in [0, 0.05) is 6.20 Å². The zero-order chi connectivity index (χ0) is 6.69. The predicted octanol–water partition coefficient (Wildman–Crippen LogP) is 0.00340. The molecule has 1 aromatic rings. The van der Waals surface area contributed by atoms with Gasteiger partial charge in [-0.25, -0.2) is 0 Å². The van der Waals surface area contributed by atoms with Crippen molar-refractivity contribution in [3.05, 3.63) is 24.4 Å². The highest BCUT2D eigenvalue weighted by Crippen LogP contribution is 2.18. The lowest BCUT2D eigenvalue weighted by molar-refractivity contribution is 0.495. The molecule has 0 amide bonds. The van der Waals surface area contributed by atoms with Gasteiger partial charge in [-0.2, -0.15) is 0 Å². The maximum atomic E-state index is 8.58. The van der Waals surface area contributed by atoms with E-state index in [-0.39, 0.29) is 0 Å². The summed E-state index contributed by atoms with van der Waals surface area (Å²) in [5.41, 5.74) is 0.340. The molecule has 0 spiro atoms. The fraction of sp³-hybridized carbons (Fsp3) is 0. The van der Waals surface area contributed by atoms with Gasteiger partial charge in [0.05, 0.1) is 0 Å². The highest BCUT2D eigenvalue weighted by Gasteiger charge is 2.01. The van der Waals surface area contributed by atoms with E-state index in [1.54, 1.807) is 18.2 Å². The lowest BCUT2D eigenvalue weighted by Gasteiger charge is -1.97. The van der Waals surface area contributed by atoms with Crippen LogP contribution in [0, 0.1) is 0 Å². The minimum Gasteiger partial charge on any atom is -0.346 e. The first kappa shape index (κ1) is 6.62. The van der Waals surface area contributed by atoms with E-state index in [9.17, 15) is 0 Å². The number of rotatable bonds is 1. The number of aromatic nitrogens is 1. The monoisotopic (exact) mass is 143 g/mol. The van der Waals surface area contributed by atoms with Crippen molar-refractivity contribution in [3.63, 3.8) is 0 Å². The number of nitrogens with zero attached hydrogens (tertiary/aromatic N) is 1. The summed E-state index contributed by atoms with van der Waals surface area (Å²) >= 11 is 0. The van der Waals surface area contributed by atoms with Gasteiger partial charge in [-0.05, 0) is 12.1 Å². The Morgan fingerprint density at radius 2 is 2.11 bits per heavy atom. The summed E-state index contributed by atoms with van der Waals surface area (Å²) in [4.78, 5) is 20.9. The normalized spacial score (nSPS) is 10.1. The number of pyridine rings is 1. The molecule has 1 rings (SSSR count). The second-order valence-corrected chi connectivity index (χ2v) is 2.51. The van der Waals surface area contributed by atoms with Crippen LogP contribution in [0.3, 0.4) is 0 Å². The van der Waals surface area contributed by atoms with Crippen LogP contribution in [0.25, 0.3) is 0 Å². The summed E-state index contributed by atoms with van der Waals surface area (Å²) in [7, 11) is -2.01. The first-order valence-corrected chi connectivity index (χ1v) is 3.64. The molecule has 0 aliphatic rings. The maximum Gasteiger partial charge on any atom is 0.219 e. The average molecular weight is 143 g/mol. The molecule has 0 unspecified atom stereocenters. The average Bonchev–Trinajstić information content (AvgIpc) is 1.90. The minimum absolute atomic E-state index is 0.340. The van der Waals surface area contributed by atoms with E-state index in [1.165, 1.54) is 6.20 Å². The lowest BCUT2D eigenvalue weighted by Crippen LogP contribution is -2.02. The highest BCUT2D eigenvalue weighted by atomic mass is 31.2. The van der Waals surface area contributed by atoms with Crippen molar-refractivity contribution >= 4 is 13.8 Å². The van der Waals surface area contributed by atoms with E-state index >= 15 is 0 Å². The zero-order valence-electron chi connectivity index (χ0n) is 4.60. The van der Waals surface area contributed by atoms with Crippen LogP contribution in [-0.2, 0) is 0 Å². The Bertz CT molecular complexity index is 178. The lowest BCUT2D eigenvalue weighted by atomic mass is 10.5. The molecular formula is C5H6NO2P. The van der Waals surface area contributed by atoms with E-state index in [2.05, 4.69) is 4.98 Å². The predicted molar refractivity (Wildman–Crippen MR) is 35.2 cm³/mol. The molecule has 0 atom stereocenters. The fourth-order valence-electron chi connectivity index (χ4n) is 0.472. The van der Waals surface area contributed by atoms with E-state index in [0.29, 0.717) is 5.44 Å². The summed E-state index contributed by atoms with van der Waals surface area (Å²) in [5, 5.41) is 0. The van der Waals surface area contributed by atoms with Crippen molar-refractivity contribution < 1.29 is 9.79 Å². The number of hydrogen-bond acceptors (Lipinski definition) is 3. The molecule has 0 saturated heterocycles. The molecule has 3 nitrogen and oxygen atoms in total. The van der Waals surface area contributed by atoms with Crippen molar-refractivity contribution in [2.24, 2.45) is 0 Å². The van der Waals surface area contributed by atoms with Crippen LogP contribution in [0.4, 0.5) is 0 Å². The molecule has 4 heteroatoms. The smallest absolute Gasteiger partial charge is 0.219 e. The van der Waals surface area contributed by atoms with Crippen molar-refractivity contribution in [1.82, 2.24) is 4.98 Å². The Balaban J connectivity index is 2.85. The van der Waals surface area contributed by atoms with Crippen LogP contribution in [0.5, 0.6) is 0 Å². The molecule has 1 heterocycles. The standard InChI is InChI=1S/C5H6NO2P/c7-9(8)5-3-1-2-4-6-5/h1-4,7-8H. The molecule has 0 radical (unpaired) electrons. The topological polar surface area (TPSA) is 53.4 Å². The Labute approximate surface area is 53.9 Å². The molecule has 0 aliphatic carbocycles. The molecule has 0 saturated carbocycles. The third kappa shape index (κ3) is 1.72. The molecule has 2 N–H and O–H groups in total. The Morgan fingerprint density at radius 3 is 2.44 bits per heavy atom. The molecule has 1 aromatic heterocycles. The first-order chi connectivity index (χ1) is 4.30. The van der Waals surface area contributed by atoms with Crippen molar-refractivity contribution in [1.29, 1.82) is 0 Å². The first-order valence-electron chi connectivity index (χ1n) is 2.39. The third-order valence-corrected chi connectivity index (χ3v) is 1.53. The second kappa shape index (κ2) is 2.87. The van der Waals surface area contributed by atoms with Gasteiger partial charge in [0.15, 0.2) is 0 Å². The van der Waals surface area contributed by atoms with Crippen LogP contribution in [0.1, 0.15) is 0 Å². The molecule has 48 valence electrons. The van der Waals surface area contributed by atoms with Gasteiger partial charge in [-0.1, -0.05) is 6.07 Å². The van der Waals surface area contributed by atoms with E-state index < -0.39 is 8.38 Å². The summed E-state index contributed by atoms with van der Waals surface area (Å²) in [6.07, 6.45) is 1.52. The second-order valence-electron chi connectivity index (χ2n) is 1.48. The van der Waals surface area contributed by atoms with Gasteiger partial charge in [-0.15, -0.1) is 0 Å². The van der Waals surface area contributed by atoms with Crippen molar-refractivity contribution in [2.75, 3.05) is 0 Å². The maximum absolute atomic E-state index is 8.58. The number of hydrogen-bond donors (Lipinski definition) is 2. The Morgan fingerprint density at radius 1 is 1.33 bits per heavy atom. The van der Waals surface area contributed by atoms with E-state index in [0.717, 1.165) is 0 Å². The highest BCUT2D eigenvalue weighted by molar-refractivity contribution is 7.53. The van der Waals surface area contributed by atoms with Gasteiger partial charge in [0.1, 0.15) is 5.44 Å². The minimum atomic E-state index is -2.01. The van der Waals surface area contributed by atoms with Crippen LogP contribution < -0.4 is 5.44 Å². The van der Waals surface area contributed by atoms with Gasteiger partial charge in [0.2, 0.25) is 8.38 Å². The Hall–Kier alpha value is -0.500. The quantitative estimate of drug-likeness (QED) is 0.544. The summed E-state index contributed by atoms with van der Waals surface area (Å²) in [5.74, 6) is 0. The van der Waals surface area contributed by atoms with Crippen LogP contribution in [0.15, 0.2) is 24.4 Å². The van der Waals surface area contributed by atoms with Crippen molar-refractivity contribution in [2.45, 2.75) is 0 Å². The molecule has 0 aliphatic heterocycles. The third-order valence-electron chi connectivity index (χ3n) is 0.854. The molecule has 0 aromatic carbocycles. The summed E-state index contributed by atoms with van der Waals surface area (Å²) in [6.45, 7) is 0. The van der Waals surface area contributed by atoms with E-state index in [4.69, 9.17) is 9.79 Å². The zero-order valence-corrected chi connectivity index (χ0v) is 5.49. The summed E-state index contributed by atoms with van der Waals surface area (Å²) < 4.78 is 0. The van der Waals surface area contributed by atoms with Gasteiger partial charge in [0.25, 0.3) is 0 Å². The Kier molecular flexibility index (Phi) is 2.11. The van der Waals surface area contributed by atoms with Gasteiger partial charge < -0.3 is 9.79 Å². The summed E-state index contributed by atoms with van der Waals surface area (Å²) in [6, 6.07) is 5.01.